The van der Waals surface area contributed by atoms with Gasteiger partial charge in [-0.15, -0.1) is 0 Å². The number of H-pyrrole nitrogens is 1. The molecule has 0 saturated carbocycles. The lowest BCUT2D eigenvalue weighted by Gasteiger charge is -2.21. The molecule has 1 atom stereocenters. The van der Waals surface area contributed by atoms with Gasteiger partial charge in [-0.3, -0.25) is 4.57 Å². The minimum absolute atomic E-state index is 0.0251. The van der Waals surface area contributed by atoms with Crippen LogP contribution in [0.1, 0.15) is 12.8 Å². The summed E-state index contributed by atoms with van der Waals surface area (Å²) >= 11 is 7.93. The molecule has 1 aromatic carbocycles. The molecule has 1 aliphatic rings. The Morgan fingerprint density at radius 1 is 1.50 bits per heavy atom. The van der Waals surface area contributed by atoms with Crippen molar-refractivity contribution in [1.82, 2.24) is 9.55 Å². The van der Waals surface area contributed by atoms with Crippen molar-refractivity contribution in [3.8, 4) is 0 Å². The number of rotatable bonds is 2. The molecule has 1 aromatic heterocycles. The molecule has 2 heterocycles. The van der Waals surface area contributed by atoms with Crippen LogP contribution in [0.3, 0.4) is 0 Å². The second kappa shape index (κ2) is 5.02. The molecule has 0 bridgehead atoms. The van der Waals surface area contributed by atoms with E-state index in [1.165, 1.54) is 18.6 Å². The van der Waals surface area contributed by atoms with Crippen molar-refractivity contribution in [2.45, 2.75) is 19.4 Å². The molecule has 1 unspecified atom stereocenters. The van der Waals surface area contributed by atoms with E-state index in [9.17, 15) is 4.79 Å². The monoisotopic (exact) mass is 282 g/mol. The maximum atomic E-state index is 12.0. The van der Waals surface area contributed by atoms with Gasteiger partial charge in [0.1, 0.15) is 0 Å². The lowest BCUT2D eigenvalue weighted by Crippen LogP contribution is -2.24. The first kappa shape index (κ1) is 12.2. The van der Waals surface area contributed by atoms with Crippen LogP contribution in [0.4, 0.5) is 0 Å². The van der Waals surface area contributed by atoms with Gasteiger partial charge in [-0.25, -0.2) is 4.79 Å². The molecule has 3 rings (SSSR count). The van der Waals surface area contributed by atoms with Crippen molar-refractivity contribution < 1.29 is 0 Å². The Bertz CT molecular complexity index is 613. The van der Waals surface area contributed by atoms with Crippen LogP contribution in [0.25, 0.3) is 11.0 Å². The van der Waals surface area contributed by atoms with Crippen molar-refractivity contribution in [2.24, 2.45) is 5.92 Å². The van der Waals surface area contributed by atoms with Crippen molar-refractivity contribution in [1.29, 1.82) is 0 Å². The van der Waals surface area contributed by atoms with Crippen molar-refractivity contribution >= 4 is 34.4 Å². The summed E-state index contributed by atoms with van der Waals surface area (Å²) in [6, 6.07) is 5.57. The number of nitrogens with zero attached hydrogens (tertiary/aromatic N) is 1. The SMILES string of the molecule is O=c1[nH]c2cc(Cl)ccc2n1CC1CCCSC1. The topological polar surface area (TPSA) is 37.8 Å². The number of aromatic amines is 1. The fourth-order valence-corrected chi connectivity index (χ4v) is 3.84. The lowest BCUT2D eigenvalue weighted by molar-refractivity contribution is 0.446. The minimum Gasteiger partial charge on any atom is -0.305 e. The Labute approximate surface area is 115 Å². The molecule has 2 aromatic rings. The number of thioether (sulfide) groups is 1. The van der Waals surface area contributed by atoms with Crippen LogP contribution in [0.5, 0.6) is 0 Å². The molecule has 1 N–H and O–H groups in total. The summed E-state index contributed by atoms with van der Waals surface area (Å²) in [6.45, 7) is 0.813. The Kier molecular flexibility index (Phi) is 3.39. The largest absolute Gasteiger partial charge is 0.326 e. The predicted octanol–water partition coefficient (Wildman–Crippen LogP) is 3.13. The number of aromatic nitrogens is 2. The summed E-state index contributed by atoms with van der Waals surface area (Å²) in [5.41, 5.74) is 1.76. The van der Waals surface area contributed by atoms with Crippen LogP contribution in [-0.2, 0) is 6.54 Å². The Morgan fingerprint density at radius 2 is 2.39 bits per heavy atom. The Balaban J connectivity index is 1.95. The molecule has 1 aliphatic heterocycles. The number of hydrogen-bond donors (Lipinski definition) is 1. The highest BCUT2D eigenvalue weighted by Crippen LogP contribution is 2.25. The molecular weight excluding hydrogens is 268 g/mol. The molecular formula is C13H15ClN2OS. The molecule has 1 saturated heterocycles. The van der Waals surface area contributed by atoms with E-state index in [0.29, 0.717) is 10.9 Å². The first-order chi connectivity index (χ1) is 8.74. The molecule has 0 aliphatic carbocycles. The van der Waals surface area contributed by atoms with Gasteiger partial charge in [0.05, 0.1) is 11.0 Å². The number of imidazole rings is 1. The van der Waals surface area contributed by atoms with Crippen LogP contribution in [0.2, 0.25) is 5.02 Å². The molecule has 0 radical (unpaired) electrons. The van der Waals surface area contributed by atoms with E-state index in [4.69, 9.17) is 11.6 Å². The van der Waals surface area contributed by atoms with Crippen molar-refractivity contribution in [3.63, 3.8) is 0 Å². The molecule has 96 valence electrons. The summed E-state index contributed by atoms with van der Waals surface area (Å²) in [6.07, 6.45) is 2.48. The van der Waals surface area contributed by atoms with Crippen LogP contribution in [0.15, 0.2) is 23.0 Å². The van der Waals surface area contributed by atoms with Crippen LogP contribution in [0, 0.1) is 5.92 Å². The predicted molar refractivity (Wildman–Crippen MR) is 77.6 cm³/mol. The van der Waals surface area contributed by atoms with Crippen LogP contribution in [-0.4, -0.2) is 21.1 Å². The maximum Gasteiger partial charge on any atom is 0.326 e. The highest BCUT2D eigenvalue weighted by Gasteiger charge is 2.17. The second-order valence-corrected chi connectivity index (χ2v) is 6.37. The van der Waals surface area contributed by atoms with E-state index < -0.39 is 0 Å². The summed E-state index contributed by atoms with van der Waals surface area (Å²) in [7, 11) is 0. The van der Waals surface area contributed by atoms with Gasteiger partial charge < -0.3 is 4.98 Å². The van der Waals surface area contributed by atoms with E-state index in [2.05, 4.69) is 4.98 Å². The zero-order valence-corrected chi connectivity index (χ0v) is 11.6. The van der Waals surface area contributed by atoms with Crippen LogP contribution >= 0.6 is 23.4 Å². The zero-order valence-electron chi connectivity index (χ0n) is 9.99. The smallest absolute Gasteiger partial charge is 0.305 e. The summed E-state index contributed by atoms with van der Waals surface area (Å²) in [4.78, 5) is 14.9. The van der Waals surface area contributed by atoms with Gasteiger partial charge >= 0.3 is 5.69 Å². The highest BCUT2D eigenvalue weighted by molar-refractivity contribution is 7.99. The zero-order chi connectivity index (χ0) is 12.5. The quantitative estimate of drug-likeness (QED) is 0.919. The maximum absolute atomic E-state index is 12.0. The van der Waals surface area contributed by atoms with E-state index in [1.54, 1.807) is 0 Å². The van der Waals surface area contributed by atoms with Gasteiger partial charge in [-0.1, -0.05) is 11.6 Å². The third-order valence-corrected chi connectivity index (χ3v) is 4.95. The molecule has 0 amide bonds. The molecule has 1 fully saturated rings. The van der Waals surface area contributed by atoms with Gasteiger partial charge in [-0.2, -0.15) is 11.8 Å². The lowest BCUT2D eigenvalue weighted by atomic mass is 10.1. The second-order valence-electron chi connectivity index (χ2n) is 4.79. The third kappa shape index (κ3) is 2.31. The third-order valence-electron chi connectivity index (χ3n) is 3.43. The number of benzene rings is 1. The standard InChI is InChI=1S/C13H15ClN2OS/c14-10-3-4-12-11(6-10)15-13(17)16(12)7-9-2-1-5-18-8-9/h3-4,6,9H,1-2,5,7-8H2,(H,15,17). The molecule has 18 heavy (non-hydrogen) atoms. The fourth-order valence-electron chi connectivity index (χ4n) is 2.53. The van der Waals surface area contributed by atoms with Gasteiger partial charge in [0, 0.05) is 11.6 Å². The average Bonchev–Trinajstić information content (AvgIpc) is 2.66. The van der Waals surface area contributed by atoms with Crippen LogP contribution < -0.4 is 5.69 Å². The number of halogens is 1. The summed E-state index contributed by atoms with van der Waals surface area (Å²) < 4.78 is 1.85. The van der Waals surface area contributed by atoms with Crippen molar-refractivity contribution in [3.05, 3.63) is 33.7 Å². The van der Waals surface area contributed by atoms with Gasteiger partial charge in [-0.05, 0) is 48.5 Å². The fraction of sp³-hybridized carbons (Fsp3) is 0.462. The molecule has 5 heteroatoms. The highest BCUT2D eigenvalue weighted by atomic mass is 35.5. The number of hydrogen-bond acceptors (Lipinski definition) is 2. The van der Waals surface area contributed by atoms with Gasteiger partial charge in [0.2, 0.25) is 0 Å². The van der Waals surface area contributed by atoms with E-state index >= 15 is 0 Å². The number of fused-ring (bicyclic) bond motifs is 1. The van der Waals surface area contributed by atoms with E-state index in [-0.39, 0.29) is 5.69 Å². The molecule has 0 spiro atoms. The normalized spacial score (nSPS) is 20.4. The Morgan fingerprint density at radius 3 is 3.17 bits per heavy atom. The Hall–Kier alpha value is -0.870. The van der Waals surface area contributed by atoms with E-state index in [1.807, 2.05) is 34.5 Å². The summed E-state index contributed by atoms with van der Waals surface area (Å²) in [5, 5.41) is 0.657. The molecule has 3 nitrogen and oxygen atoms in total. The number of nitrogens with one attached hydrogen (secondary N) is 1. The van der Waals surface area contributed by atoms with E-state index in [0.717, 1.165) is 23.3 Å². The van der Waals surface area contributed by atoms with Gasteiger partial charge in [0.25, 0.3) is 0 Å². The summed E-state index contributed by atoms with van der Waals surface area (Å²) in [5.74, 6) is 3.03. The average molecular weight is 283 g/mol. The van der Waals surface area contributed by atoms with Crippen molar-refractivity contribution in [2.75, 3.05) is 11.5 Å². The first-order valence-electron chi connectivity index (χ1n) is 6.20. The van der Waals surface area contributed by atoms with Gasteiger partial charge in [0.15, 0.2) is 0 Å². The first-order valence-corrected chi connectivity index (χ1v) is 7.73. The minimum atomic E-state index is -0.0251.